The Kier molecular flexibility index (Phi) is 4.80. The summed E-state index contributed by atoms with van der Waals surface area (Å²) in [5.41, 5.74) is 0.981. The number of halogens is 3. The maximum absolute atomic E-state index is 12.8. The molecule has 1 aliphatic heterocycles. The lowest BCUT2D eigenvalue weighted by Gasteiger charge is -2.35. The highest BCUT2D eigenvalue weighted by atomic mass is 19.4. The van der Waals surface area contributed by atoms with Crippen LogP contribution in [-0.2, 0) is 6.18 Å². The Morgan fingerprint density at radius 2 is 1.81 bits per heavy atom. The summed E-state index contributed by atoms with van der Waals surface area (Å²) in [7, 11) is 0. The molecule has 0 radical (unpaired) electrons. The predicted molar refractivity (Wildman–Crippen MR) is 107 cm³/mol. The van der Waals surface area contributed by atoms with Crippen molar-refractivity contribution >= 4 is 22.7 Å². The lowest BCUT2D eigenvalue weighted by atomic mass is 10.2. The third-order valence-corrected chi connectivity index (χ3v) is 5.20. The number of furan rings is 1. The second-order valence-corrected chi connectivity index (χ2v) is 7.25. The molecule has 4 heterocycles. The number of anilines is 1. The van der Waals surface area contributed by atoms with Crippen LogP contribution in [0.15, 0.2) is 57.6 Å². The van der Waals surface area contributed by atoms with E-state index in [4.69, 9.17) is 4.42 Å². The number of hydrogen-bond donors (Lipinski definition) is 0. The van der Waals surface area contributed by atoms with E-state index in [0.29, 0.717) is 48.9 Å². The Morgan fingerprint density at radius 3 is 2.47 bits per heavy atom. The molecule has 8 nitrogen and oxygen atoms in total. The summed E-state index contributed by atoms with van der Waals surface area (Å²) in [4.78, 5) is 24.2. The minimum atomic E-state index is -4.70. The number of amides is 1. The molecular formula is C21H16F3N5O3. The minimum Gasteiger partial charge on any atom is -0.451 e. The van der Waals surface area contributed by atoms with E-state index in [9.17, 15) is 18.0 Å². The fourth-order valence-electron chi connectivity index (χ4n) is 3.54. The highest BCUT2D eigenvalue weighted by Crippen LogP contribution is 2.29. The van der Waals surface area contributed by atoms with Gasteiger partial charge in [-0.05, 0) is 24.3 Å². The van der Waals surface area contributed by atoms with E-state index < -0.39 is 12.1 Å². The molecule has 5 rings (SSSR count). The number of alkyl halides is 3. The number of rotatable bonds is 3. The van der Waals surface area contributed by atoms with E-state index in [1.165, 1.54) is 6.20 Å². The summed E-state index contributed by atoms with van der Waals surface area (Å²) >= 11 is 0. The molecule has 0 atom stereocenters. The third-order valence-electron chi connectivity index (χ3n) is 5.20. The molecule has 0 bridgehead atoms. The van der Waals surface area contributed by atoms with Crippen molar-refractivity contribution in [3.8, 4) is 11.4 Å². The number of benzene rings is 1. The van der Waals surface area contributed by atoms with Crippen LogP contribution in [0, 0.1) is 0 Å². The molecule has 1 aromatic carbocycles. The molecule has 0 unspecified atom stereocenters. The zero-order chi connectivity index (χ0) is 22.3. The average Bonchev–Trinajstić information content (AvgIpc) is 3.46. The van der Waals surface area contributed by atoms with E-state index in [2.05, 4.69) is 19.6 Å². The molecule has 0 saturated carbocycles. The Bertz CT molecular complexity index is 1220. The summed E-state index contributed by atoms with van der Waals surface area (Å²) in [6.45, 7) is 2.08. The number of carbonyl (C=O) groups is 1. The van der Waals surface area contributed by atoms with Crippen LogP contribution in [0.25, 0.3) is 22.4 Å². The van der Waals surface area contributed by atoms with Crippen LogP contribution in [0.1, 0.15) is 16.4 Å². The van der Waals surface area contributed by atoms with Crippen molar-refractivity contribution in [2.75, 3.05) is 31.1 Å². The Balaban J connectivity index is 1.23. The van der Waals surface area contributed by atoms with Gasteiger partial charge < -0.3 is 18.7 Å². The molecule has 11 heteroatoms. The van der Waals surface area contributed by atoms with Gasteiger partial charge in [0.05, 0.1) is 0 Å². The molecule has 1 amide bonds. The van der Waals surface area contributed by atoms with Gasteiger partial charge in [0.15, 0.2) is 5.76 Å². The van der Waals surface area contributed by atoms with Crippen LogP contribution < -0.4 is 4.90 Å². The monoisotopic (exact) mass is 443 g/mol. The molecule has 164 valence electrons. The number of nitrogens with zero attached hydrogens (tertiary/aromatic N) is 5. The molecule has 1 aliphatic rings. The number of aromatic nitrogens is 3. The molecule has 4 aromatic rings. The van der Waals surface area contributed by atoms with Gasteiger partial charge in [0.2, 0.25) is 5.82 Å². The third kappa shape index (κ3) is 3.77. The number of piperazine rings is 1. The maximum atomic E-state index is 12.8. The van der Waals surface area contributed by atoms with E-state index in [0.717, 1.165) is 5.39 Å². The first-order valence-corrected chi connectivity index (χ1v) is 9.78. The quantitative estimate of drug-likeness (QED) is 0.475. The number of carbonyl (C=O) groups excluding carboxylic acids is 1. The van der Waals surface area contributed by atoms with Crippen LogP contribution in [0.2, 0.25) is 0 Å². The van der Waals surface area contributed by atoms with Crippen molar-refractivity contribution in [1.29, 1.82) is 0 Å². The van der Waals surface area contributed by atoms with Gasteiger partial charge >= 0.3 is 12.1 Å². The van der Waals surface area contributed by atoms with Crippen LogP contribution in [0.4, 0.5) is 19.0 Å². The van der Waals surface area contributed by atoms with Gasteiger partial charge in [-0.3, -0.25) is 4.79 Å². The van der Waals surface area contributed by atoms with Crippen LogP contribution >= 0.6 is 0 Å². The van der Waals surface area contributed by atoms with Crippen LogP contribution in [0.5, 0.6) is 0 Å². The summed E-state index contributed by atoms with van der Waals surface area (Å²) in [5.74, 6) is -0.800. The van der Waals surface area contributed by atoms with Crippen LogP contribution in [0.3, 0.4) is 0 Å². The Morgan fingerprint density at radius 1 is 1.03 bits per heavy atom. The van der Waals surface area contributed by atoms with Gasteiger partial charge in [-0.2, -0.15) is 18.2 Å². The van der Waals surface area contributed by atoms with Gasteiger partial charge in [-0.25, -0.2) is 4.98 Å². The molecule has 0 N–H and O–H groups in total. The van der Waals surface area contributed by atoms with E-state index in [-0.39, 0.29) is 11.7 Å². The van der Waals surface area contributed by atoms with E-state index in [1.807, 2.05) is 29.2 Å². The first-order chi connectivity index (χ1) is 15.4. The van der Waals surface area contributed by atoms with Gasteiger partial charge in [0.25, 0.3) is 5.91 Å². The molecule has 0 aliphatic carbocycles. The van der Waals surface area contributed by atoms with Crippen molar-refractivity contribution in [3.05, 3.63) is 60.3 Å². The lowest BCUT2D eigenvalue weighted by molar-refractivity contribution is -0.159. The summed E-state index contributed by atoms with van der Waals surface area (Å²) in [6.07, 6.45) is -3.30. The van der Waals surface area contributed by atoms with Crippen molar-refractivity contribution < 1.29 is 26.9 Å². The number of fused-ring (bicyclic) bond motifs is 1. The highest BCUT2D eigenvalue weighted by Gasteiger charge is 2.38. The van der Waals surface area contributed by atoms with Gasteiger partial charge in [-0.15, -0.1) is 0 Å². The number of hydrogen-bond acceptors (Lipinski definition) is 7. The predicted octanol–water partition coefficient (Wildman–Crippen LogP) is 3.86. The highest BCUT2D eigenvalue weighted by molar-refractivity contribution is 5.96. The average molecular weight is 443 g/mol. The number of pyridine rings is 1. The Hall–Kier alpha value is -3.89. The Labute approximate surface area is 179 Å². The first-order valence-electron chi connectivity index (χ1n) is 9.78. The summed E-state index contributed by atoms with van der Waals surface area (Å²) in [6, 6.07) is 12.4. The van der Waals surface area contributed by atoms with Gasteiger partial charge in [0, 0.05) is 43.3 Å². The van der Waals surface area contributed by atoms with Gasteiger partial charge in [-0.1, -0.05) is 23.4 Å². The fourth-order valence-corrected chi connectivity index (χ4v) is 3.54. The van der Waals surface area contributed by atoms with Gasteiger partial charge in [0.1, 0.15) is 11.4 Å². The van der Waals surface area contributed by atoms with Crippen molar-refractivity contribution in [1.82, 2.24) is 20.0 Å². The molecule has 1 saturated heterocycles. The molecular weight excluding hydrogens is 427 g/mol. The largest absolute Gasteiger partial charge is 0.471 e. The first kappa shape index (κ1) is 20.0. The van der Waals surface area contributed by atoms with Crippen molar-refractivity contribution in [3.63, 3.8) is 0 Å². The van der Waals surface area contributed by atoms with Crippen molar-refractivity contribution in [2.24, 2.45) is 0 Å². The zero-order valence-electron chi connectivity index (χ0n) is 16.5. The van der Waals surface area contributed by atoms with E-state index >= 15 is 0 Å². The summed E-state index contributed by atoms with van der Waals surface area (Å²) in [5, 5.41) is 4.23. The zero-order valence-corrected chi connectivity index (χ0v) is 16.5. The molecule has 32 heavy (non-hydrogen) atoms. The normalized spacial score (nSPS) is 14.8. The topological polar surface area (TPSA) is 88.5 Å². The van der Waals surface area contributed by atoms with Crippen molar-refractivity contribution in [2.45, 2.75) is 6.18 Å². The standard InChI is InChI=1S/C21H16F3N5O3/c22-21(23,24)20-26-18(27-32-20)14-5-6-17(25-12-14)28-7-9-29(10-8-28)19(30)16-11-13-3-1-2-4-15(13)31-16/h1-6,11-12H,7-10H2. The maximum Gasteiger partial charge on any atom is 0.471 e. The fraction of sp³-hybridized carbons (Fsp3) is 0.238. The molecule has 0 spiro atoms. The lowest BCUT2D eigenvalue weighted by Crippen LogP contribution is -2.49. The summed E-state index contributed by atoms with van der Waals surface area (Å²) < 4.78 is 47.8. The van der Waals surface area contributed by atoms with E-state index in [1.54, 1.807) is 23.1 Å². The van der Waals surface area contributed by atoms with Crippen LogP contribution in [-0.4, -0.2) is 52.1 Å². The second kappa shape index (κ2) is 7.66. The second-order valence-electron chi connectivity index (χ2n) is 7.25. The molecule has 1 fully saturated rings. The minimum absolute atomic E-state index is 0.165. The molecule has 3 aromatic heterocycles. The smallest absolute Gasteiger partial charge is 0.451 e. The SMILES string of the molecule is O=C(c1cc2ccccc2o1)N1CCN(c2ccc(-c3noc(C(F)(F)F)n3)cn2)CC1. The number of para-hydroxylation sites is 1.